The second kappa shape index (κ2) is 8.17. The number of anilines is 1. The zero-order valence-corrected chi connectivity index (χ0v) is 16.8. The van der Waals surface area contributed by atoms with Crippen molar-refractivity contribution in [1.82, 2.24) is 9.78 Å². The summed E-state index contributed by atoms with van der Waals surface area (Å²) in [5.74, 6) is -0.334. The van der Waals surface area contributed by atoms with Gasteiger partial charge in [-0.2, -0.15) is 5.10 Å². The van der Waals surface area contributed by atoms with Gasteiger partial charge in [-0.3, -0.25) is 9.59 Å². The topological polar surface area (TPSA) is 64.0 Å². The fourth-order valence-corrected chi connectivity index (χ4v) is 3.30. The highest BCUT2D eigenvalue weighted by Gasteiger charge is 2.20. The third-order valence-electron chi connectivity index (χ3n) is 4.91. The monoisotopic (exact) mass is 395 g/mol. The molecule has 0 radical (unpaired) electrons. The van der Waals surface area contributed by atoms with E-state index in [0.717, 1.165) is 16.8 Å². The average Bonchev–Trinajstić information content (AvgIpc) is 3.20. The van der Waals surface area contributed by atoms with Crippen molar-refractivity contribution < 1.29 is 9.59 Å². The largest absolute Gasteiger partial charge is 0.322 e. The van der Waals surface area contributed by atoms with Crippen molar-refractivity contribution in [1.29, 1.82) is 0 Å². The highest BCUT2D eigenvalue weighted by molar-refractivity contribution is 6.08. The molecule has 0 saturated carbocycles. The van der Waals surface area contributed by atoms with Crippen LogP contribution in [0.2, 0.25) is 0 Å². The zero-order valence-electron chi connectivity index (χ0n) is 16.8. The SMILES string of the molecule is CC(=O)c1cccc(NC(=O)c2cn(-c3ccccc3)nc2-c2ccccc2C)c1. The number of nitrogens with one attached hydrogen (secondary N) is 1. The Hall–Kier alpha value is -3.99. The van der Waals surface area contributed by atoms with E-state index in [1.807, 2.05) is 61.5 Å². The Morgan fingerprint density at radius 1 is 0.900 bits per heavy atom. The molecule has 0 saturated heterocycles. The number of para-hydroxylation sites is 1. The Bertz CT molecular complexity index is 1230. The molecule has 148 valence electrons. The first-order valence-electron chi connectivity index (χ1n) is 9.66. The van der Waals surface area contributed by atoms with E-state index in [9.17, 15) is 9.59 Å². The van der Waals surface area contributed by atoms with Crippen LogP contribution in [0.1, 0.15) is 33.2 Å². The van der Waals surface area contributed by atoms with Crippen LogP contribution in [0.5, 0.6) is 0 Å². The number of nitrogens with zero attached hydrogens (tertiary/aromatic N) is 2. The number of carbonyl (C=O) groups is 2. The fraction of sp³-hybridized carbons (Fsp3) is 0.0800. The number of hydrogen-bond donors (Lipinski definition) is 1. The number of hydrogen-bond acceptors (Lipinski definition) is 3. The van der Waals surface area contributed by atoms with Gasteiger partial charge in [-0.15, -0.1) is 0 Å². The van der Waals surface area contributed by atoms with Gasteiger partial charge in [0.15, 0.2) is 5.78 Å². The van der Waals surface area contributed by atoms with Crippen LogP contribution in [0.4, 0.5) is 5.69 Å². The van der Waals surface area contributed by atoms with Crippen LogP contribution in [0.15, 0.2) is 85.1 Å². The van der Waals surface area contributed by atoms with Gasteiger partial charge in [-0.25, -0.2) is 4.68 Å². The van der Waals surface area contributed by atoms with E-state index >= 15 is 0 Å². The molecule has 0 atom stereocenters. The number of aryl methyl sites for hydroxylation is 1. The fourth-order valence-electron chi connectivity index (χ4n) is 3.30. The van der Waals surface area contributed by atoms with E-state index in [2.05, 4.69) is 5.32 Å². The normalized spacial score (nSPS) is 10.6. The lowest BCUT2D eigenvalue weighted by Gasteiger charge is -2.08. The van der Waals surface area contributed by atoms with Gasteiger partial charge < -0.3 is 5.32 Å². The molecule has 5 heteroatoms. The molecule has 5 nitrogen and oxygen atoms in total. The minimum Gasteiger partial charge on any atom is -0.322 e. The number of benzene rings is 3. The average molecular weight is 395 g/mol. The molecular weight excluding hydrogens is 374 g/mol. The third-order valence-corrected chi connectivity index (χ3v) is 4.91. The van der Waals surface area contributed by atoms with Crippen LogP contribution in [0, 0.1) is 6.92 Å². The molecule has 1 N–H and O–H groups in total. The molecule has 30 heavy (non-hydrogen) atoms. The smallest absolute Gasteiger partial charge is 0.259 e. The third kappa shape index (κ3) is 3.91. The van der Waals surface area contributed by atoms with Crippen LogP contribution in [-0.2, 0) is 0 Å². The van der Waals surface area contributed by atoms with Crippen LogP contribution in [0.3, 0.4) is 0 Å². The molecule has 1 aromatic heterocycles. The summed E-state index contributed by atoms with van der Waals surface area (Å²) in [6, 6.07) is 24.4. The van der Waals surface area contributed by atoms with E-state index in [1.165, 1.54) is 6.92 Å². The molecule has 0 fully saturated rings. The predicted molar refractivity (Wildman–Crippen MR) is 118 cm³/mol. The first-order valence-corrected chi connectivity index (χ1v) is 9.66. The molecule has 0 spiro atoms. The van der Waals surface area contributed by atoms with Gasteiger partial charge in [0.1, 0.15) is 5.69 Å². The number of amides is 1. The van der Waals surface area contributed by atoms with E-state index < -0.39 is 0 Å². The quantitative estimate of drug-likeness (QED) is 0.466. The van der Waals surface area contributed by atoms with Crippen LogP contribution in [-0.4, -0.2) is 21.5 Å². The van der Waals surface area contributed by atoms with E-state index in [-0.39, 0.29) is 11.7 Å². The molecule has 0 aliphatic rings. The first-order chi connectivity index (χ1) is 14.5. The van der Waals surface area contributed by atoms with Crippen molar-refractivity contribution in [2.24, 2.45) is 0 Å². The van der Waals surface area contributed by atoms with Gasteiger partial charge in [0.25, 0.3) is 5.91 Å². The summed E-state index contributed by atoms with van der Waals surface area (Å²) < 4.78 is 1.71. The number of carbonyl (C=O) groups excluding carboxylic acids is 2. The maximum absolute atomic E-state index is 13.2. The predicted octanol–water partition coefficient (Wildman–Crippen LogP) is 5.30. The van der Waals surface area contributed by atoms with E-state index in [0.29, 0.717) is 22.5 Å². The van der Waals surface area contributed by atoms with Gasteiger partial charge in [0.2, 0.25) is 0 Å². The summed E-state index contributed by atoms with van der Waals surface area (Å²) >= 11 is 0. The van der Waals surface area contributed by atoms with Crippen molar-refractivity contribution in [2.45, 2.75) is 13.8 Å². The minimum atomic E-state index is -0.281. The molecule has 3 aromatic carbocycles. The highest BCUT2D eigenvalue weighted by Crippen LogP contribution is 2.27. The van der Waals surface area contributed by atoms with Crippen molar-refractivity contribution in [3.05, 3.63) is 102 Å². The summed E-state index contributed by atoms with van der Waals surface area (Å²) in [7, 11) is 0. The summed E-state index contributed by atoms with van der Waals surface area (Å²) in [5, 5.41) is 7.63. The highest BCUT2D eigenvalue weighted by atomic mass is 16.1. The Balaban J connectivity index is 1.77. The van der Waals surface area contributed by atoms with Gasteiger partial charge >= 0.3 is 0 Å². The Morgan fingerprint density at radius 2 is 1.63 bits per heavy atom. The number of aromatic nitrogens is 2. The van der Waals surface area contributed by atoms with Gasteiger partial charge in [-0.05, 0) is 43.7 Å². The molecule has 1 amide bonds. The second-order valence-electron chi connectivity index (χ2n) is 7.08. The van der Waals surface area contributed by atoms with Gasteiger partial charge in [0, 0.05) is 23.0 Å². The van der Waals surface area contributed by atoms with Gasteiger partial charge in [-0.1, -0.05) is 54.6 Å². The molecule has 4 rings (SSSR count). The first kappa shape index (κ1) is 19.3. The molecule has 0 aliphatic heterocycles. The molecule has 0 aliphatic carbocycles. The van der Waals surface area contributed by atoms with Crippen molar-refractivity contribution >= 4 is 17.4 Å². The van der Waals surface area contributed by atoms with Crippen molar-refractivity contribution in [3.8, 4) is 16.9 Å². The Morgan fingerprint density at radius 3 is 2.37 bits per heavy atom. The summed E-state index contributed by atoms with van der Waals surface area (Å²) in [6.45, 7) is 3.50. The number of ketones is 1. The minimum absolute atomic E-state index is 0.0522. The van der Waals surface area contributed by atoms with Crippen molar-refractivity contribution in [3.63, 3.8) is 0 Å². The molecule has 0 bridgehead atoms. The second-order valence-corrected chi connectivity index (χ2v) is 7.08. The molecular formula is C25H21N3O2. The lowest BCUT2D eigenvalue weighted by molar-refractivity contribution is 0.101. The maximum atomic E-state index is 13.2. The Kier molecular flexibility index (Phi) is 5.26. The lowest BCUT2D eigenvalue weighted by atomic mass is 10.0. The summed E-state index contributed by atoms with van der Waals surface area (Å²) in [4.78, 5) is 24.9. The van der Waals surface area contributed by atoms with E-state index in [1.54, 1.807) is 35.1 Å². The molecule has 1 heterocycles. The Labute approximate surface area is 175 Å². The zero-order chi connectivity index (χ0) is 21.1. The summed E-state index contributed by atoms with van der Waals surface area (Å²) in [6.07, 6.45) is 1.74. The van der Waals surface area contributed by atoms with Crippen LogP contribution < -0.4 is 5.32 Å². The van der Waals surface area contributed by atoms with Crippen LogP contribution in [0.25, 0.3) is 16.9 Å². The molecule has 0 unspecified atom stereocenters. The van der Waals surface area contributed by atoms with E-state index in [4.69, 9.17) is 5.10 Å². The molecule has 4 aromatic rings. The number of rotatable bonds is 5. The van der Waals surface area contributed by atoms with Gasteiger partial charge in [0.05, 0.1) is 11.3 Å². The standard InChI is InChI=1S/C25H21N3O2/c1-17-9-6-7-14-22(17)24-23(16-28(27-24)21-12-4-3-5-13-21)25(30)26-20-11-8-10-19(15-20)18(2)29/h3-16H,1-2H3,(H,26,30). The van der Waals surface area contributed by atoms with Crippen LogP contribution >= 0.6 is 0 Å². The maximum Gasteiger partial charge on any atom is 0.259 e. The lowest BCUT2D eigenvalue weighted by Crippen LogP contribution is -2.13. The number of Topliss-reactive ketones (excluding diaryl/α,β-unsaturated/α-hetero) is 1. The van der Waals surface area contributed by atoms with Crippen molar-refractivity contribution in [2.75, 3.05) is 5.32 Å². The summed E-state index contributed by atoms with van der Waals surface area (Å²) in [5.41, 5.74) is 4.98.